The highest BCUT2D eigenvalue weighted by Gasteiger charge is 2.34. The Morgan fingerprint density at radius 2 is 2.08 bits per heavy atom. The van der Waals surface area contributed by atoms with Gasteiger partial charge in [0.05, 0.1) is 0 Å². The highest BCUT2D eigenvalue weighted by Crippen LogP contribution is 2.36. The lowest BCUT2D eigenvalue weighted by atomic mass is 9.81. The Kier molecular flexibility index (Phi) is 3.74. The fourth-order valence-corrected chi connectivity index (χ4v) is 2.29. The highest BCUT2D eigenvalue weighted by molar-refractivity contribution is 4.87. The van der Waals surface area contributed by atoms with Crippen molar-refractivity contribution in [3.63, 3.8) is 0 Å². The monoisotopic (exact) mass is 184 g/mol. The van der Waals surface area contributed by atoms with E-state index in [0.29, 0.717) is 5.41 Å². The van der Waals surface area contributed by atoms with Crippen molar-refractivity contribution in [2.75, 3.05) is 40.8 Å². The molecule has 0 aromatic rings. The van der Waals surface area contributed by atoms with E-state index in [1.165, 1.54) is 38.9 Å². The van der Waals surface area contributed by atoms with E-state index in [0.717, 1.165) is 0 Å². The second kappa shape index (κ2) is 4.43. The number of rotatable bonds is 4. The first kappa shape index (κ1) is 11.0. The summed E-state index contributed by atoms with van der Waals surface area (Å²) in [4.78, 5) is 4.77. The van der Waals surface area contributed by atoms with Gasteiger partial charge >= 0.3 is 0 Å². The van der Waals surface area contributed by atoms with E-state index in [1.807, 2.05) is 0 Å². The standard InChI is InChI=1S/C11H24N2/c1-5-11(6-8-12(2)3)7-9-13(4)10-11/h5-10H2,1-4H3. The molecule has 0 spiro atoms. The summed E-state index contributed by atoms with van der Waals surface area (Å²) in [6.45, 7) is 6.18. The molecule has 1 heterocycles. The molecular formula is C11H24N2. The Labute approximate surface area is 82.9 Å². The number of nitrogens with zero attached hydrogens (tertiary/aromatic N) is 2. The van der Waals surface area contributed by atoms with Crippen LogP contribution in [0.3, 0.4) is 0 Å². The highest BCUT2D eigenvalue weighted by atomic mass is 15.1. The van der Waals surface area contributed by atoms with Crippen LogP contribution in [0.4, 0.5) is 0 Å². The van der Waals surface area contributed by atoms with E-state index in [2.05, 4.69) is 37.9 Å². The zero-order valence-electron chi connectivity index (χ0n) is 9.64. The first-order valence-electron chi connectivity index (χ1n) is 5.41. The maximum absolute atomic E-state index is 2.47. The first-order chi connectivity index (χ1) is 6.08. The van der Waals surface area contributed by atoms with Gasteiger partial charge < -0.3 is 9.80 Å². The molecule has 1 aliphatic rings. The number of likely N-dealkylation sites (tertiary alicyclic amines) is 1. The van der Waals surface area contributed by atoms with Crippen molar-refractivity contribution in [2.24, 2.45) is 5.41 Å². The third-order valence-electron chi connectivity index (χ3n) is 3.47. The molecule has 2 nitrogen and oxygen atoms in total. The van der Waals surface area contributed by atoms with E-state index < -0.39 is 0 Å². The molecule has 1 atom stereocenters. The molecule has 0 bridgehead atoms. The van der Waals surface area contributed by atoms with Crippen molar-refractivity contribution in [1.82, 2.24) is 9.80 Å². The first-order valence-corrected chi connectivity index (χ1v) is 5.41. The normalized spacial score (nSPS) is 30.2. The van der Waals surface area contributed by atoms with Crippen LogP contribution in [0.2, 0.25) is 0 Å². The summed E-state index contributed by atoms with van der Waals surface area (Å²) < 4.78 is 0. The molecule has 78 valence electrons. The lowest BCUT2D eigenvalue weighted by Gasteiger charge is -2.29. The predicted molar refractivity (Wildman–Crippen MR) is 58.0 cm³/mol. The van der Waals surface area contributed by atoms with E-state index in [1.54, 1.807) is 0 Å². The quantitative estimate of drug-likeness (QED) is 0.656. The molecule has 0 N–H and O–H groups in total. The van der Waals surface area contributed by atoms with Crippen LogP contribution in [0, 0.1) is 5.41 Å². The molecule has 0 aromatic carbocycles. The smallest absolute Gasteiger partial charge is 0.00358 e. The van der Waals surface area contributed by atoms with Gasteiger partial charge in [0.25, 0.3) is 0 Å². The van der Waals surface area contributed by atoms with Crippen LogP contribution in [0.25, 0.3) is 0 Å². The maximum Gasteiger partial charge on any atom is 0.00358 e. The Hall–Kier alpha value is -0.0800. The minimum atomic E-state index is 0.624. The van der Waals surface area contributed by atoms with Crippen molar-refractivity contribution in [3.05, 3.63) is 0 Å². The van der Waals surface area contributed by atoms with Crippen LogP contribution in [0.15, 0.2) is 0 Å². The number of hydrogen-bond acceptors (Lipinski definition) is 2. The Morgan fingerprint density at radius 3 is 2.46 bits per heavy atom. The van der Waals surface area contributed by atoms with Crippen LogP contribution in [0.1, 0.15) is 26.2 Å². The van der Waals surface area contributed by atoms with Gasteiger partial charge in [-0.15, -0.1) is 0 Å². The summed E-state index contributed by atoms with van der Waals surface area (Å²) in [7, 11) is 6.58. The average molecular weight is 184 g/mol. The van der Waals surface area contributed by atoms with Crippen LogP contribution in [-0.2, 0) is 0 Å². The van der Waals surface area contributed by atoms with Gasteiger partial charge in [0, 0.05) is 6.54 Å². The van der Waals surface area contributed by atoms with Crippen molar-refractivity contribution in [3.8, 4) is 0 Å². The van der Waals surface area contributed by atoms with E-state index >= 15 is 0 Å². The molecule has 1 unspecified atom stereocenters. The van der Waals surface area contributed by atoms with Crippen molar-refractivity contribution < 1.29 is 0 Å². The predicted octanol–water partition coefficient (Wildman–Crippen LogP) is 1.67. The van der Waals surface area contributed by atoms with Gasteiger partial charge in [-0.2, -0.15) is 0 Å². The Balaban J connectivity index is 2.41. The largest absolute Gasteiger partial charge is 0.309 e. The summed E-state index contributed by atoms with van der Waals surface area (Å²) >= 11 is 0. The van der Waals surface area contributed by atoms with E-state index in [4.69, 9.17) is 0 Å². The van der Waals surface area contributed by atoms with Crippen molar-refractivity contribution >= 4 is 0 Å². The zero-order chi connectivity index (χ0) is 9.90. The van der Waals surface area contributed by atoms with Crippen molar-refractivity contribution in [1.29, 1.82) is 0 Å². The van der Waals surface area contributed by atoms with Crippen LogP contribution in [0.5, 0.6) is 0 Å². The molecule has 1 saturated heterocycles. The third kappa shape index (κ3) is 2.96. The summed E-state index contributed by atoms with van der Waals surface area (Å²) in [5.41, 5.74) is 0.624. The number of hydrogen-bond donors (Lipinski definition) is 0. The van der Waals surface area contributed by atoms with Gasteiger partial charge in [-0.3, -0.25) is 0 Å². The molecule has 1 aliphatic heterocycles. The van der Waals surface area contributed by atoms with Crippen LogP contribution in [-0.4, -0.2) is 50.6 Å². The van der Waals surface area contributed by atoms with Gasteiger partial charge in [-0.25, -0.2) is 0 Å². The molecule has 0 aromatic heterocycles. The minimum Gasteiger partial charge on any atom is -0.309 e. The van der Waals surface area contributed by atoms with Crippen LogP contribution < -0.4 is 0 Å². The summed E-state index contributed by atoms with van der Waals surface area (Å²) in [6.07, 6.45) is 4.10. The van der Waals surface area contributed by atoms with E-state index in [9.17, 15) is 0 Å². The van der Waals surface area contributed by atoms with Gasteiger partial charge in [0.1, 0.15) is 0 Å². The van der Waals surface area contributed by atoms with Gasteiger partial charge in [-0.05, 0) is 58.9 Å². The van der Waals surface area contributed by atoms with Gasteiger partial charge in [0.2, 0.25) is 0 Å². The molecule has 0 saturated carbocycles. The lowest BCUT2D eigenvalue weighted by molar-refractivity contribution is 0.220. The van der Waals surface area contributed by atoms with Crippen LogP contribution >= 0.6 is 0 Å². The Bertz CT molecular complexity index is 156. The minimum absolute atomic E-state index is 0.624. The maximum atomic E-state index is 2.47. The molecule has 0 amide bonds. The molecular weight excluding hydrogens is 160 g/mol. The fraction of sp³-hybridized carbons (Fsp3) is 1.00. The SMILES string of the molecule is CCC1(CCN(C)C)CCN(C)C1. The van der Waals surface area contributed by atoms with Crippen molar-refractivity contribution in [2.45, 2.75) is 26.2 Å². The fourth-order valence-electron chi connectivity index (χ4n) is 2.29. The average Bonchev–Trinajstić information content (AvgIpc) is 2.45. The molecule has 0 radical (unpaired) electrons. The molecule has 13 heavy (non-hydrogen) atoms. The molecule has 1 fully saturated rings. The topological polar surface area (TPSA) is 6.48 Å². The summed E-state index contributed by atoms with van der Waals surface area (Å²) in [5.74, 6) is 0. The van der Waals surface area contributed by atoms with Gasteiger partial charge in [-0.1, -0.05) is 6.92 Å². The zero-order valence-corrected chi connectivity index (χ0v) is 9.64. The summed E-state index contributed by atoms with van der Waals surface area (Å²) in [5, 5.41) is 0. The van der Waals surface area contributed by atoms with Gasteiger partial charge in [0.15, 0.2) is 0 Å². The second-order valence-corrected chi connectivity index (χ2v) is 4.89. The molecule has 0 aliphatic carbocycles. The Morgan fingerprint density at radius 1 is 1.38 bits per heavy atom. The van der Waals surface area contributed by atoms with E-state index in [-0.39, 0.29) is 0 Å². The second-order valence-electron chi connectivity index (χ2n) is 4.89. The molecule has 1 rings (SSSR count). The molecule has 2 heteroatoms. The third-order valence-corrected chi connectivity index (χ3v) is 3.47. The lowest BCUT2D eigenvalue weighted by Crippen LogP contribution is -2.28. The summed E-state index contributed by atoms with van der Waals surface area (Å²) in [6, 6.07) is 0.